The fourth-order valence-electron chi connectivity index (χ4n) is 6.37. The molecule has 0 aliphatic carbocycles. The average molecular weight is 577 g/mol. The minimum Gasteiger partial charge on any atom is -0.378 e. The Hall–Kier alpha value is -5.40. The third-order valence-electron chi connectivity index (χ3n) is 8.65. The number of hydrogen-bond donors (Lipinski definition) is 2. The highest BCUT2D eigenvalue weighted by Crippen LogP contribution is 2.43. The van der Waals surface area contributed by atoms with E-state index in [0.717, 1.165) is 38.6 Å². The van der Waals surface area contributed by atoms with E-state index in [4.69, 9.17) is 4.98 Å². The van der Waals surface area contributed by atoms with Crippen molar-refractivity contribution >= 4 is 10.8 Å². The summed E-state index contributed by atoms with van der Waals surface area (Å²) in [6.07, 6.45) is 3.87. The molecule has 0 amide bonds. The summed E-state index contributed by atoms with van der Waals surface area (Å²) in [5.74, 6) is 0.375. The molecule has 7 aromatic rings. The zero-order valence-corrected chi connectivity index (χ0v) is 24.5. The van der Waals surface area contributed by atoms with Gasteiger partial charge in [0.2, 0.25) is 5.82 Å². The lowest BCUT2D eigenvalue weighted by atomic mass is 9.76. The van der Waals surface area contributed by atoms with Gasteiger partial charge in [-0.2, -0.15) is 5.21 Å². The number of nitrogens with zero attached hydrogens (tertiary/aromatic N) is 5. The average Bonchev–Trinajstić information content (AvgIpc) is 3.80. The number of benzene rings is 5. The second-order valence-electron chi connectivity index (χ2n) is 11.4. The van der Waals surface area contributed by atoms with E-state index in [2.05, 4.69) is 98.0 Å². The first-order chi connectivity index (χ1) is 21.5. The molecule has 1 atom stereocenters. The standard InChI is InChI=1S/C37H32N6O/c1-26(2)37(44,33-21-20-27-22-29(19-18-28(27)23-33)35-39-41-42-40-35)34-24-43(25-38-34)36(30-12-6-3-7-13-30,31-14-8-4-9-15-31)32-16-10-5-11-17-32/h3-26,44H,1-2H3,(H,39,40,41,42). The Morgan fingerprint density at radius 3 is 1.80 bits per heavy atom. The van der Waals surface area contributed by atoms with Crippen LogP contribution in [0.15, 0.2) is 140 Å². The lowest BCUT2D eigenvalue weighted by molar-refractivity contribution is 0.0279. The van der Waals surface area contributed by atoms with Gasteiger partial charge in [-0.05, 0) is 56.3 Å². The number of H-pyrrole nitrogens is 1. The molecule has 5 aromatic carbocycles. The predicted octanol–water partition coefficient (Wildman–Crippen LogP) is 6.95. The summed E-state index contributed by atoms with van der Waals surface area (Å²) in [5.41, 5.74) is 3.46. The maximum Gasteiger partial charge on any atom is 0.204 e. The molecular weight excluding hydrogens is 544 g/mol. The molecular formula is C37H32N6O. The summed E-state index contributed by atoms with van der Waals surface area (Å²) in [7, 11) is 0. The number of hydrogen-bond acceptors (Lipinski definition) is 5. The molecule has 0 aliphatic heterocycles. The first kappa shape index (κ1) is 27.4. The van der Waals surface area contributed by atoms with Crippen molar-refractivity contribution < 1.29 is 5.11 Å². The van der Waals surface area contributed by atoms with Crippen LogP contribution in [0.25, 0.3) is 22.2 Å². The van der Waals surface area contributed by atoms with E-state index < -0.39 is 11.1 Å². The highest BCUT2D eigenvalue weighted by molar-refractivity contribution is 5.87. The van der Waals surface area contributed by atoms with Crippen molar-refractivity contribution in [3.63, 3.8) is 0 Å². The second kappa shape index (κ2) is 11.0. The Morgan fingerprint density at radius 1 is 0.682 bits per heavy atom. The van der Waals surface area contributed by atoms with Crippen molar-refractivity contribution in [2.75, 3.05) is 0 Å². The van der Waals surface area contributed by atoms with Crippen LogP contribution in [0.5, 0.6) is 0 Å². The van der Waals surface area contributed by atoms with Crippen LogP contribution in [0.3, 0.4) is 0 Å². The smallest absolute Gasteiger partial charge is 0.204 e. The molecule has 2 N–H and O–H groups in total. The van der Waals surface area contributed by atoms with Crippen LogP contribution in [0.2, 0.25) is 0 Å². The number of rotatable bonds is 8. The number of fused-ring (bicyclic) bond motifs is 1. The summed E-state index contributed by atoms with van der Waals surface area (Å²) in [5, 5.41) is 29.0. The van der Waals surface area contributed by atoms with Crippen LogP contribution in [-0.2, 0) is 11.1 Å². The molecule has 0 bridgehead atoms. The SMILES string of the molecule is CC(C)C(O)(c1ccc2cc(-c3nn[nH]n3)ccc2c1)c1cn(C(c2ccccc2)(c2ccccc2)c2ccccc2)cn1. The zero-order chi connectivity index (χ0) is 30.1. The maximum atomic E-state index is 12.6. The van der Waals surface area contributed by atoms with E-state index in [-0.39, 0.29) is 5.92 Å². The van der Waals surface area contributed by atoms with Gasteiger partial charge in [0.15, 0.2) is 0 Å². The van der Waals surface area contributed by atoms with Gasteiger partial charge in [-0.3, -0.25) is 0 Å². The molecule has 0 radical (unpaired) electrons. The summed E-state index contributed by atoms with van der Waals surface area (Å²) in [6.45, 7) is 4.06. The molecule has 1 unspecified atom stereocenters. The molecule has 7 nitrogen and oxygen atoms in total. The van der Waals surface area contributed by atoms with Crippen LogP contribution in [0, 0.1) is 5.92 Å². The Balaban J connectivity index is 1.40. The second-order valence-corrected chi connectivity index (χ2v) is 11.4. The normalized spacial score (nSPS) is 13.3. The van der Waals surface area contributed by atoms with Crippen LogP contribution in [-0.4, -0.2) is 35.3 Å². The van der Waals surface area contributed by atoms with Crippen LogP contribution in [0.1, 0.15) is 41.8 Å². The quantitative estimate of drug-likeness (QED) is 0.191. The number of aliphatic hydroxyl groups is 1. The molecule has 0 spiro atoms. The molecule has 0 saturated heterocycles. The van der Waals surface area contributed by atoms with Crippen molar-refractivity contribution in [2.45, 2.75) is 25.0 Å². The van der Waals surface area contributed by atoms with E-state index >= 15 is 0 Å². The highest BCUT2D eigenvalue weighted by Gasteiger charge is 2.42. The highest BCUT2D eigenvalue weighted by atomic mass is 16.3. The minimum absolute atomic E-state index is 0.165. The van der Waals surface area contributed by atoms with E-state index in [1.54, 1.807) is 0 Å². The zero-order valence-electron chi connectivity index (χ0n) is 24.5. The molecule has 0 saturated carbocycles. The molecule has 216 valence electrons. The Morgan fingerprint density at radius 2 is 1.25 bits per heavy atom. The molecule has 2 heterocycles. The minimum atomic E-state index is -1.35. The molecule has 7 heteroatoms. The van der Waals surface area contributed by atoms with Crippen molar-refractivity contribution in [1.29, 1.82) is 0 Å². The monoisotopic (exact) mass is 576 g/mol. The van der Waals surface area contributed by atoms with Gasteiger partial charge in [-0.25, -0.2) is 4.98 Å². The Labute approximate surface area is 255 Å². The van der Waals surface area contributed by atoms with Gasteiger partial charge in [-0.15, -0.1) is 10.2 Å². The van der Waals surface area contributed by atoms with Gasteiger partial charge in [0.25, 0.3) is 0 Å². The number of nitrogens with one attached hydrogen (secondary N) is 1. The third-order valence-corrected chi connectivity index (χ3v) is 8.65. The van der Waals surface area contributed by atoms with Gasteiger partial charge in [0.05, 0.1) is 12.0 Å². The van der Waals surface area contributed by atoms with Crippen molar-refractivity contribution in [2.24, 2.45) is 5.92 Å². The van der Waals surface area contributed by atoms with Crippen LogP contribution < -0.4 is 0 Å². The lowest BCUT2D eigenvalue weighted by Crippen LogP contribution is -2.37. The van der Waals surface area contributed by atoms with Crippen LogP contribution >= 0.6 is 0 Å². The van der Waals surface area contributed by atoms with Gasteiger partial charge in [0.1, 0.15) is 11.1 Å². The number of aromatic nitrogens is 6. The number of imidazole rings is 1. The van der Waals surface area contributed by atoms with Crippen molar-refractivity contribution in [3.8, 4) is 11.4 Å². The van der Waals surface area contributed by atoms with E-state index in [0.29, 0.717) is 11.5 Å². The van der Waals surface area contributed by atoms with E-state index in [9.17, 15) is 5.11 Å². The van der Waals surface area contributed by atoms with Crippen molar-refractivity contribution in [3.05, 3.63) is 168 Å². The van der Waals surface area contributed by atoms with Gasteiger partial charge in [0, 0.05) is 11.8 Å². The molecule has 0 fully saturated rings. The Kier molecular flexibility index (Phi) is 6.87. The van der Waals surface area contributed by atoms with E-state index in [1.807, 2.05) is 81.0 Å². The van der Waals surface area contributed by atoms with Gasteiger partial charge >= 0.3 is 0 Å². The Bertz CT molecular complexity index is 1910. The lowest BCUT2D eigenvalue weighted by Gasteiger charge is -2.37. The topological polar surface area (TPSA) is 92.5 Å². The fourth-order valence-corrected chi connectivity index (χ4v) is 6.37. The van der Waals surface area contributed by atoms with E-state index in [1.165, 1.54) is 0 Å². The first-order valence-corrected chi connectivity index (χ1v) is 14.7. The van der Waals surface area contributed by atoms with Gasteiger partial charge in [-0.1, -0.05) is 129 Å². The largest absolute Gasteiger partial charge is 0.378 e. The summed E-state index contributed by atoms with van der Waals surface area (Å²) < 4.78 is 2.15. The maximum absolute atomic E-state index is 12.6. The third kappa shape index (κ3) is 4.41. The fraction of sp³-hybridized carbons (Fsp3) is 0.135. The number of aromatic amines is 1. The molecule has 2 aromatic heterocycles. The summed E-state index contributed by atoms with van der Waals surface area (Å²) >= 11 is 0. The number of tetrazole rings is 1. The van der Waals surface area contributed by atoms with Crippen LogP contribution in [0.4, 0.5) is 0 Å². The molecule has 44 heavy (non-hydrogen) atoms. The summed E-state index contributed by atoms with van der Waals surface area (Å²) in [4.78, 5) is 4.94. The van der Waals surface area contributed by atoms with Crippen molar-refractivity contribution in [1.82, 2.24) is 30.2 Å². The molecule has 0 aliphatic rings. The first-order valence-electron chi connectivity index (χ1n) is 14.7. The molecule has 7 rings (SSSR count). The predicted molar refractivity (Wildman–Crippen MR) is 172 cm³/mol. The van der Waals surface area contributed by atoms with Gasteiger partial charge < -0.3 is 9.67 Å². The summed E-state index contributed by atoms with van der Waals surface area (Å²) in [6, 6.07) is 43.5.